The van der Waals surface area contributed by atoms with Crippen LogP contribution in [-0.4, -0.2) is 26.7 Å². The molecule has 0 unspecified atom stereocenters. The molecule has 0 aliphatic rings. The third-order valence-electron chi connectivity index (χ3n) is 2.98. The number of aryl methyl sites for hydroxylation is 2. The summed E-state index contributed by atoms with van der Waals surface area (Å²) in [5.41, 5.74) is -0.380. The summed E-state index contributed by atoms with van der Waals surface area (Å²) in [7, 11) is 2.04. The molecule has 0 spiro atoms. The van der Waals surface area contributed by atoms with Gasteiger partial charge in [-0.1, -0.05) is 25.5 Å². The van der Waals surface area contributed by atoms with E-state index in [0.717, 1.165) is 6.54 Å². The van der Waals surface area contributed by atoms with Crippen molar-refractivity contribution in [2.75, 3.05) is 0 Å². The fourth-order valence-corrected chi connectivity index (χ4v) is 1.83. The van der Waals surface area contributed by atoms with Crippen LogP contribution in [0.25, 0.3) is 0 Å². The van der Waals surface area contributed by atoms with Gasteiger partial charge in [0.2, 0.25) is 6.33 Å². The van der Waals surface area contributed by atoms with Crippen LogP contribution in [0.2, 0.25) is 0 Å². The Kier molecular flexibility index (Phi) is 9.57. The number of aromatic carboxylic acids is 2. The number of carboxylic acids is 2. The Balaban J connectivity index is 0.000000409. The molecule has 126 valence electrons. The Hall–Kier alpha value is -2.15. The number of aromatic nitrogens is 2. The predicted octanol–water partition coefficient (Wildman–Crippen LogP) is -0.800. The van der Waals surface area contributed by atoms with Crippen LogP contribution in [0.4, 0.5) is 0 Å². The smallest absolute Gasteiger partial charge is 0.336 e. The van der Waals surface area contributed by atoms with Gasteiger partial charge in [0.15, 0.2) is 0 Å². The number of hydrogen-bond acceptors (Lipinski definition) is 2. The van der Waals surface area contributed by atoms with Gasteiger partial charge >= 0.3 is 11.9 Å². The van der Waals surface area contributed by atoms with Crippen molar-refractivity contribution < 1.29 is 41.4 Å². The molecule has 6 nitrogen and oxygen atoms in total. The van der Waals surface area contributed by atoms with E-state index in [1.54, 1.807) is 0 Å². The average Bonchev–Trinajstić information content (AvgIpc) is 2.91. The number of rotatable bonds is 5. The van der Waals surface area contributed by atoms with E-state index in [-0.39, 0.29) is 28.1 Å². The molecule has 2 N–H and O–H groups in total. The van der Waals surface area contributed by atoms with Gasteiger partial charge in [0.25, 0.3) is 0 Å². The van der Waals surface area contributed by atoms with Crippen LogP contribution in [0.1, 0.15) is 40.5 Å². The lowest BCUT2D eigenvalue weighted by Crippen LogP contribution is -3.00. The fourth-order valence-electron chi connectivity index (χ4n) is 1.83. The molecule has 0 amide bonds. The molecule has 0 bridgehead atoms. The minimum atomic E-state index is -1.23. The van der Waals surface area contributed by atoms with Gasteiger partial charge < -0.3 is 27.2 Å². The second kappa shape index (κ2) is 10.6. The first-order valence-corrected chi connectivity index (χ1v) is 7.02. The highest BCUT2D eigenvalue weighted by Crippen LogP contribution is 2.07. The van der Waals surface area contributed by atoms with E-state index < -0.39 is 11.9 Å². The maximum absolute atomic E-state index is 10.5. The summed E-state index contributed by atoms with van der Waals surface area (Å²) in [6.45, 7) is 3.36. The quantitative estimate of drug-likeness (QED) is 0.661. The van der Waals surface area contributed by atoms with Crippen molar-refractivity contribution in [3.63, 3.8) is 0 Å². The molecule has 0 aliphatic carbocycles. The molecule has 0 fully saturated rings. The van der Waals surface area contributed by atoms with Crippen molar-refractivity contribution in [1.82, 2.24) is 4.57 Å². The molecule has 0 saturated carbocycles. The Labute approximate surface area is 145 Å². The van der Waals surface area contributed by atoms with Gasteiger partial charge in [0.1, 0.15) is 12.4 Å². The highest BCUT2D eigenvalue weighted by molar-refractivity contribution is 6.01. The zero-order valence-corrected chi connectivity index (χ0v) is 14.7. The van der Waals surface area contributed by atoms with E-state index in [2.05, 4.69) is 34.8 Å². The summed E-state index contributed by atoms with van der Waals surface area (Å²) < 4.78 is 4.28. The van der Waals surface area contributed by atoms with Crippen molar-refractivity contribution in [3.05, 3.63) is 54.1 Å². The minimum Gasteiger partial charge on any atom is -1.00 e. The van der Waals surface area contributed by atoms with E-state index in [1.807, 2.05) is 7.05 Å². The molecule has 0 saturated heterocycles. The van der Waals surface area contributed by atoms with Crippen LogP contribution in [0.15, 0.2) is 43.0 Å². The Morgan fingerprint density at radius 2 is 1.65 bits per heavy atom. The lowest BCUT2D eigenvalue weighted by molar-refractivity contribution is -0.671. The molecular weight excluding hydrogens is 364 g/mol. The van der Waals surface area contributed by atoms with E-state index >= 15 is 0 Å². The number of nitrogens with zero attached hydrogens (tertiary/aromatic N) is 2. The number of benzene rings is 1. The Morgan fingerprint density at radius 3 is 2.00 bits per heavy atom. The third kappa shape index (κ3) is 7.10. The largest absolute Gasteiger partial charge is 1.00 e. The highest BCUT2D eigenvalue weighted by atomic mass is 79.9. The van der Waals surface area contributed by atoms with E-state index in [9.17, 15) is 9.59 Å². The normalized spacial score (nSPS) is 9.30. The highest BCUT2D eigenvalue weighted by Gasteiger charge is 2.13. The van der Waals surface area contributed by atoms with Gasteiger partial charge in [-0.2, -0.15) is 0 Å². The van der Waals surface area contributed by atoms with Crippen LogP contribution >= 0.6 is 0 Å². The lowest BCUT2D eigenvalue weighted by Gasteiger charge is -1.98. The number of carbonyl (C=O) groups is 2. The molecule has 1 aromatic heterocycles. The number of carboxylic acid groups (broad SMARTS) is 2. The molecule has 7 heteroatoms. The second-order valence-corrected chi connectivity index (χ2v) is 4.83. The van der Waals surface area contributed by atoms with Gasteiger partial charge in [-0.25, -0.2) is 18.7 Å². The zero-order chi connectivity index (χ0) is 16.5. The molecule has 23 heavy (non-hydrogen) atoms. The van der Waals surface area contributed by atoms with Crippen LogP contribution in [0, 0.1) is 0 Å². The lowest BCUT2D eigenvalue weighted by atomic mass is 10.1. The van der Waals surface area contributed by atoms with Gasteiger partial charge in [-0.15, -0.1) is 0 Å². The van der Waals surface area contributed by atoms with Gasteiger partial charge in [-0.05, 0) is 18.6 Å². The maximum atomic E-state index is 10.5. The van der Waals surface area contributed by atoms with E-state index in [4.69, 9.17) is 10.2 Å². The average molecular weight is 385 g/mol. The van der Waals surface area contributed by atoms with Crippen molar-refractivity contribution in [3.8, 4) is 0 Å². The maximum Gasteiger partial charge on any atom is 0.336 e. The van der Waals surface area contributed by atoms with Crippen LogP contribution in [0.5, 0.6) is 0 Å². The minimum absolute atomic E-state index is 0. The first-order valence-electron chi connectivity index (χ1n) is 7.02. The SMILES string of the molecule is CCCCn1cc[n+](C)c1.O=C(O)c1ccccc1C(=O)O.[Br-]. The number of halogens is 1. The number of unbranched alkanes of at least 4 members (excludes halogenated alkanes) is 1. The van der Waals surface area contributed by atoms with E-state index in [0.29, 0.717) is 0 Å². The summed E-state index contributed by atoms with van der Waals surface area (Å²) >= 11 is 0. The molecule has 1 heterocycles. The van der Waals surface area contributed by atoms with Crippen molar-refractivity contribution in [2.45, 2.75) is 26.3 Å². The van der Waals surface area contributed by atoms with Crippen molar-refractivity contribution >= 4 is 11.9 Å². The second-order valence-electron chi connectivity index (χ2n) is 4.83. The first kappa shape index (κ1) is 20.9. The van der Waals surface area contributed by atoms with Crippen LogP contribution in [0.3, 0.4) is 0 Å². The van der Waals surface area contributed by atoms with E-state index in [1.165, 1.54) is 37.1 Å². The Morgan fingerprint density at radius 1 is 1.13 bits per heavy atom. The summed E-state index contributed by atoms with van der Waals surface area (Å²) in [5.74, 6) is -2.46. The Bertz CT molecular complexity index is 608. The summed E-state index contributed by atoms with van der Waals surface area (Å²) in [6, 6.07) is 5.48. The van der Waals surface area contributed by atoms with Crippen molar-refractivity contribution in [1.29, 1.82) is 0 Å². The van der Waals surface area contributed by atoms with Gasteiger partial charge in [0, 0.05) is 0 Å². The summed E-state index contributed by atoms with van der Waals surface area (Å²) in [4.78, 5) is 20.9. The number of imidazole rings is 1. The molecule has 2 aromatic rings. The van der Waals surface area contributed by atoms with Crippen LogP contribution < -0.4 is 21.5 Å². The third-order valence-corrected chi connectivity index (χ3v) is 2.98. The zero-order valence-electron chi connectivity index (χ0n) is 13.1. The van der Waals surface area contributed by atoms with Gasteiger partial charge in [-0.3, -0.25) is 0 Å². The predicted molar refractivity (Wildman–Crippen MR) is 80.9 cm³/mol. The first-order chi connectivity index (χ1) is 10.5. The molecule has 0 aliphatic heterocycles. The number of hydrogen-bond donors (Lipinski definition) is 2. The van der Waals surface area contributed by atoms with Crippen molar-refractivity contribution in [2.24, 2.45) is 7.05 Å². The monoisotopic (exact) mass is 384 g/mol. The molecule has 2 rings (SSSR count). The topological polar surface area (TPSA) is 83.4 Å². The standard InChI is InChI=1S/C8H15N2.C8H6O4.BrH/c1-3-4-5-10-7-6-9(2)8-10;9-7(10)5-3-1-2-4-6(5)8(11)12;/h6-8H,3-5H2,1-2H3;1-4H,(H,9,10)(H,11,12);1H/q+1;;/p-1. The molecule has 0 atom stereocenters. The molecule has 1 aromatic carbocycles. The molecular formula is C16H21BrN2O4. The van der Waals surface area contributed by atoms with Gasteiger partial charge in [0.05, 0.1) is 24.7 Å². The fraction of sp³-hybridized carbons (Fsp3) is 0.312. The molecule has 0 radical (unpaired) electrons. The summed E-state index contributed by atoms with van der Waals surface area (Å²) in [6.07, 6.45) is 8.82. The van der Waals surface area contributed by atoms with Crippen LogP contribution in [-0.2, 0) is 13.6 Å². The summed E-state index contributed by atoms with van der Waals surface area (Å²) in [5, 5.41) is 17.1.